The molecular weight excluding hydrogens is 350 g/mol. The highest BCUT2D eigenvalue weighted by atomic mass is 79.9. The van der Waals surface area contributed by atoms with E-state index in [2.05, 4.69) is 25.6 Å². The minimum absolute atomic E-state index is 0.147. The third kappa shape index (κ3) is 3.31. The molecule has 7 nitrogen and oxygen atoms in total. The lowest BCUT2D eigenvalue weighted by Gasteiger charge is -2.06. The van der Waals surface area contributed by atoms with Crippen LogP contribution in [0.1, 0.15) is 0 Å². The largest absolute Gasteiger partial charge is 0.363 e. The second-order valence-electron chi connectivity index (χ2n) is 3.72. The summed E-state index contributed by atoms with van der Waals surface area (Å²) in [5.74, 6) is -0.410. The van der Waals surface area contributed by atoms with E-state index < -0.39 is 20.8 Å². The van der Waals surface area contributed by atoms with Crippen molar-refractivity contribution in [3.8, 4) is 0 Å². The predicted octanol–water partition coefficient (Wildman–Crippen LogP) is 2.55. The van der Waals surface area contributed by atoms with Crippen LogP contribution in [0.3, 0.4) is 0 Å². The van der Waals surface area contributed by atoms with Crippen LogP contribution in [0, 0.1) is 10.1 Å². The molecule has 0 aliphatic rings. The van der Waals surface area contributed by atoms with Gasteiger partial charge in [-0.15, -0.1) is 0 Å². The van der Waals surface area contributed by atoms with Crippen molar-refractivity contribution in [2.75, 3.05) is 4.72 Å². The number of nitro groups is 1. The number of hydrogen-bond acceptors (Lipinski definition) is 5. The molecule has 0 saturated carbocycles. The standard InChI is InChI=1S/C11H8BrN3O4S/c12-8-1-3-9(4-2-8)14-20(18,19)10-5-6-11(13-7-10)15(16)17/h1-7,14H. The summed E-state index contributed by atoms with van der Waals surface area (Å²) in [6.45, 7) is 0. The average molecular weight is 358 g/mol. The topological polar surface area (TPSA) is 102 Å². The lowest BCUT2D eigenvalue weighted by atomic mass is 10.3. The number of anilines is 1. The van der Waals surface area contributed by atoms with Gasteiger partial charge in [-0.05, 0) is 40.2 Å². The molecular formula is C11H8BrN3O4S. The maximum absolute atomic E-state index is 12.0. The quantitative estimate of drug-likeness (QED) is 0.668. The minimum atomic E-state index is -3.82. The number of pyridine rings is 1. The molecule has 2 rings (SSSR count). The Morgan fingerprint density at radius 3 is 2.30 bits per heavy atom. The van der Waals surface area contributed by atoms with E-state index in [-0.39, 0.29) is 4.90 Å². The number of nitrogens with one attached hydrogen (secondary N) is 1. The Labute approximate surface area is 123 Å². The molecule has 0 bridgehead atoms. The number of aromatic nitrogens is 1. The molecule has 1 aromatic carbocycles. The molecule has 2 aromatic rings. The third-order valence-electron chi connectivity index (χ3n) is 2.31. The number of benzene rings is 1. The molecule has 1 heterocycles. The van der Waals surface area contributed by atoms with Gasteiger partial charge in [-0.25, -0.2) is 8.42 Å². The molecule has 104 valence electrons. The van der Waals surface area contributed by atoms with Crippen LogP contribution < -0.4 is 4.72 Å². The Balaban J connectivity index is 2.26. The molecule has 0 fully saturated rings. The molecule has 9 heteroatoms. The summed E-state index contributed by atoms with van der Waals surface area (Å²) in [5.41, 5.74) is 0.381. The Morgan fingerprint density at radius 1 is 1.15 bits per heavy atom. The zero-order chi connectivity index (χ0) is 14.8. The summed E-state index contributed by atoms with van der Waals surface area (Å²) in [6.07, 6.45) is 0.944. The molecule has 1 N–H and O–H groups in total. The fourth-order valence-corrected chi connectivity index (χ4v) is 2.64. The maximum atomic E-state index is 12.0. The Kier molecular flexibility index (Phi) is 4.00. The number of sulfonamides is 1. The molecule has 20 heavy (non-hydrogen) atoms. The van der Waals surface area contributed by atoms with E-state index in [1.807, 2.05) is 0 Å². The lowest BCUT2D eigenvalue weighted by Crippen LogP contribution is -2.13. The first kappa shape index (κ1) is 14.4. The summed E-state index contributed by atoms with van der Waals surface area (Å²) < 4.78 is 27.2. The number of halogens is 1. The summed E-state index contributed by atoms with van der Waals surface area (Å²) in [7, 11) is -3.82. The van der Waals surface area contributed by atoms with Gasteiger partial charge >= 0.3 is 5.82 Å². The highest BCUT2D eigenvalue weighted by molar-refractivity contribution is 9.10. The van der Waals surface area contributed by atoms with Gasteiger partial charge in [-0.1, -0.05) is 15.9 Å². The predicted molar refractivity (Wildman–Crippen MR) is 75.8 cm³/mol. The van der Waals surface area contributed by atoms with Crippen molar-refractivity contribution in [3.63, 3.8) is 0 Å². The first-order chi connectivity index (χ1) is 9.38. The molecule has 0 unspecified atom stereocenters. The minimum Gasteiger partial charge on any atom is -0.358 e. The van der Waals surface area contributed by atoms with Crippen molar-refractivity contribution in [3.05, 3.63) is 57.2 Å². The van der Waals surface area contributed by atoms with Crippen LogP contribution in [0.25, 0.3) is 0 Å². The normalized spacial score (nSPS) is 11.1. The average Bonchev–Trinajstić information content (AvgIpc) is 2.41. The van der Waals surface area contributed by atoms with E-state index in [0.29, 0.717) is 5.69 Å². The highest BCUT2D eigenvalue weighted by Gasteiger charge is 2.18. The van der Waals surface area contributed by atoms with Crippen LogP contribution in [0.15, 0.2) is 52.0 Å². The molecule has 1 aromatic heterocycles. The first-order valence-electron chi connectivity index (χ1n) is 5.27. The van der Waals surface area contributed by atoms with Crippen molar-refractivity contribution in [2.45, 2.75) is 4.90 Å². The first-order valence-corrected chi connectivity index (χ1v) is 7.55. The molecule has 0 amide bonds. The van der Waals surface area contributed by atoms with E-state index in [9.17, 15) is 18.5 Å². The van der Waals surface area contributed by atoms with E-state index in [1.165, 1.54) is 0 Å². The van der Waals surface area contributed by atoms with Gasteiger partial charge in [0.15, 0.2) is 6.20 Å². The van der Waals surface area contributed by atoms with Crippen LogP contribution in [-0.2, 0) is 10.0 Å². The smallest absolute Gasteiger partial charge is 0.358 e. The Morgan fingerprint density at radius 2 is 1.80 bits per heavy atom. The number of nitrogens with zero attached hydrogens (tertiary/aromatic N) is 2. The van der Waals surface area contributed by atoms with Crippen molar-refractivity contribution in [2.24, 2.45) is 0 Å². The molecule has 0 radical (unpaired) electrons. The summed E-state index contributed by atoms with van der Waals surface area (Å²) in [5, 5.41) is 10.5. The number of hydrogen-bond donors (Lipinski definition) is 1. The van der Waals surface area contributed by atoms with Crippen LogP contribution in [0.4, 0.5) is 11.5 Å². The molecule has 0 saturated heterocycles. The van der Waals surface area contributed by atoms with Crippen molar-refractivity contribution < 1.29 is 13.3 Å². The Bertz CT molecular complexity index is 729. The van der Waals surface area contributed by atoms with E-state index >= 15 is 0 Å². The molecule has 0 aliphatic heterocycles. The van der Waals surface area contributed by atoms with Gasteiger partial charge in [0.05, 0.1) is 0 Å². The van der Waals surface area contributed by atoms with Gasteiger partial charge in [0.2, 0.25) is 0 Å². The van der Waals surface area contributed by atoms with Crippen LogP contribution in [0.5, 0.6) is 0 Å². The van der Waals surface area contributed by atoms with Gasteiger partial charge in [-0.3, -0.25) is 4.72 Å². The maximum Gasteiger partial charge on any atom is 0.363 e. The Hall–Kier alpha value is -2.00. The van der Waals surface area contributed by atoms with Gasteiger partial charge in [0, 0.05) is 16.2 Å². The number of rotatable bonds is 4. The third-order valence-corrected chi connectivity index (χ3v) is 4.21. The van der Waals surface area contributed by atoms with E-state index in [1.54, 1.807) is 24.3 Å². The van der Waals surface area contributed by atoms with Gasteiger partial charge < -0.3 is 10.1 Å². The summed E-state index contributed by atoms with van der Waals surface area (Å²) in [6, 6.07) is 8.71. The van der Waals surface area contributed by atoms with E-state index in [0.717, 1.165) is 22.8 Å². The molecule has 0 atom stereocenters. The van der Waals surface area contributed by atoms with Gasteiger partial charge in [0.1, 0.15) is 4.90 Å². The highest BCUT2D eigenvalue weighted by Crippen LogP contribution is 2.19. The van der Waals surface area contributed by atoms with Crippen LogP contribution in [-0.4, -0.2) is 18.3 Å². The van der Waals surface area contributed by atoms with Crippen LogP contribution >= 0.6 is 15.9 Å². The van der Waals surface area contributed by atoms with Crippen molar-refractivity contribution in [1.29, 1.82) is 0 Å². The second kappa shape index (κ2) is 5.55. The monoisotopic (exact) mass is 357 g/mol. The van der Waals surface area contributed by atoms with Gasteiger partial charge in [-0.2, -0.15) is 0 Å². The zero-order valence-corrected chi connectivity index (χ0v) is 12.3. The van der Waals surface area contributed by atoms with Crippen molar-refractivity contribution in [1.82, 2.24) is 4.98 Å². The van der Waals surface area contributed by atoms with Crippen molar-refractivity contribution >= 4 is 37.5 Å². The van der Waals surface area contributed by atoms with Crippen LogP contribution in [0.2, 0.25) is 0 Å². The summed E-state index contributed by atoms with van der Waals surface area (Å²) >= 11 is 3.24. The lowest BCUT2D eigenvalue weighted by molar-refractivity contribution is -0.389. The fraction of sp³-hybridized carbons (Fsp3) is 0. The van der Waals surface area contributed by atoms with E-state index in [4.69, 9.17) is 0 Å². The zero-order valence-electron chi connectivity index (χ0n) is 9.86. The molecule has 0 aliphatic carbocycles. The SMILES string of the molecule is O=[N+]([O-])c1ccc(S(=O)(=O)Nc2ccc(Br)cc2)cn1. The summed E-state index contributed by atoms with van der Waals surface area (Å²) in [4.78, 5) is 13.1. The molecule has 0 spiro atoms. The van der Waals surface area contributed by atoms with Gasteiger partial charge in [0.25, 0.3) is 10.0 Å². The fourth-order valence-electron chi connectivity index (χ4n) is 1.37. The second-order valence-corrected chi connectivity index (χ2v) is 6.32.